The van der Waals surface area contributed by atoms with Crippen LogP contribution in [0, 0.1) is 0 Å². The van der Waals surface area contributed by atoms with Crippen molar-refractivity contribution in [3.8, 4) is 0 Å². The van der Waals surface area contributed by atoms with Crippen molar-refractivity contribution in [2.45, 2.75) is 39.0 Å². The van der Waals surface area contributed by atoms with Gasteiger partial charge >= 0.3 is 7.80 Å². The Hall–Kier alpha value is -0.940. The van der Waals surface area contributed by atoms with Gasteiger partial charge in [-0.2, -0.15) is 0 Å². The van der Waals surface area contributed by atoms with E-state index in [-0.39, 0.29) is 0 Å². The molecule has 0 aliphatic heterocycles. The van der Waals surface area contributed by atoms with Crippen LogP contribution in [0.4, 0.5) is 0 Å². The van der Waals surface area contributed by atoms with Crippen molar-refractivity contribution in [1.82, 2.24) is 0 Å². The summed E-state index contributed by atoms with van der Waals surface area (Å²) in [7, 11) is -1.33. The van der Waals surface area contributed by atoms with Crippen LogP contribution in [-0.2, 0) is 4.57 Å². The molecule has 0 fully saturated rings. The van der Waals surface area contributed by atoms with Crippen molar-refractivity contribution in [2.24, 2.45) is 0 Å². The second-order valence-electron chi connectivity index (χ2n) is 3.90. The molecule has 1 aromatic rings. The molecule has 16 heavy (non-hydrogen) atoms. The third kappa shape index (κ3) is 5.23. The zero-order valence-electron chi connectivity index (χ0n) is 9.93. The molecular weight excluding hydrogens is 215 g/mol. The van der Waals surface area contributed by atoms with E-state index in [0.717, 1.165) is 11.7 Å². The molecule has 86 valence electrons. The van der Waals surface area contributed by atoms with E-state index >= 15 is 0 Å². The molecule has 2 heteroatoms. The summed E-state index contributed by atoms with van der Waals surface area (Å²) in [4.78, 5) is 0. The first-order valence-corrected chi connectivity index (χ1v) is 7.35. The predicted molar refractivity (Wildman–Crippen MR) is 71.6 cm³/mol. The van der Waals surface area contributed by atoms with Crippen molar-refractivity contribution in [3.63, 3.8) is 0 Å². The standard InChI is InChI=1S/C14H20OP/c1-2-3-4-5-6-10-13-16(15)14-11-8-7-9-12-14/h7-13H,2-6H2,1H3/q+1. The van der Waals surface area contributed by atoms with E-state index in [0.29, 0.717) is 0 Å². The van der Waals surface area contributed by atoms with Crippen LogP contribution in [-0.4, -0.2) is 0 Å². The number of rotatable bonds is 7. The minimum Gasteiger partial charge on any atom is -0.0654 e. The fourth-order valence-corrected chi connectivity index (χ4v) is 2.50. The van der Waals surface area contributed by atoms with Gasteiger partial charge < -0.3 is 0 Å². The number of benzene rings is 1. The highest BCUT2D eigenvalue weighted by molar-refractivity contribution is 7.56. The number of hydrogen-bond donors (Lipinski definition) is 0. The van der Waals surface area contributed by atoms with E-state index < -0.39 is 7.80 Å². The summed E-state index contributed by atoms with van der Waals surface area (Å²) < 4.78 is 11.8. The van der Waals surface area contributed by atoms with Gasteiger partial charge in [-0.05, 0) is 31.1 Å². The molecule has 0 radical (unpaired) electrons. The van der Waals surface area contributed by atoms with Gasteiger partial charge in [-0.3, -0.25) is 0 Å². The van der Waals surface area contributed by atoms with Gasteiger partial charge in [0.05, 0.1) is 0 Å². The zero-order chi connectivity index (χ0) is 11.6. The lowest BCUT2D eigenvalue weighted by atomic mass is 10.2. The lowest BCUT2D eigenvalue weighted by Gasteiger charge is -1.92. The predicted octanol–water partition coefficient (Wildman–Crippen LogP) is 4.62. The fraction of sp³-hybridized carbons (Fsp3) is 0.429. The quantitative estimate of drug-likeness (QED) is 0.497. The molecule has 1 aromatic carbocycles. The maximum Gasteiger partial charge on any atom is 0.407 e. The van der Waals surface area contributed by atoms with Gasteiger partial charge in [-0.25, -0.2) is 0 Å². The Morgan fingerprint density at radius 1 is 1.12 bits per heavy atom. The highest BCUT2D eigenvalue weighted by Gasteiger charge is 2.13. The minimum absolute atomic E-state index is 0.919. The molecule has 0 aliphatic carbocycles. The molecule has 0 amide bonds. The highest BCUT2D eigenvalue weighted by Crippen LogP contribution is 2.21. The molecule has 0 saturated carbocycles. The van der Waals surface area contributed by atoms with Crippen LogP contribution < -0.4 is 5.30 Å². The van der Waals surface area contributed by atoms with Gasteiger partial charge in [0.15, 0.2) is 11.1 Å². The normalized spacial score (nSPS) is 11.9. The van der Waals surface area contributed by atoms with Crippen LogP contribution in [0.3, 0.4) is 0 Å². The van der Waals surface area contributed by atoms with E-state index in [9.17, 15) is 4.57 Å². The number of allylic oxidation sites excluding steroid dienone is 1. The topological polar surface area (TPSA) is 17.1 Å². The molecular formula is C14H20OP+. The van der Waals surface area contributed by atoms with Crippen LogP contribution in [0.25, 0.3) is 0 Å². The summed E-state index contributed by atoms with van der Waals surface area (Å²) >= 11 is 0. The second kappa shape index (κ2) is 8.24. The summed E-state index contributed by atoms with van der Waals surface area (Å²) in [5.74, 6) is 1.84. The van der Waals surface area contributed by atoms with Crippen molar-refractivity contribution >= 4 is 13.1 Å². The number of hydrogen-bond acceptors (Lipinski definition) is 1. The summed E-state index contributed by atoms with van der Waals surface area (Å²) in [6, 6.07) is 9.64. The molecule has 1 unspecified atom stereocenters. The Labute approximate surface area is 99.4 Å². The Kier molecular flexibility index (Phi) is 6.76. The summed E-state index contributed by atoms with van der Waals surface area (Å²) in [6.45, 7) is 2.21. The average molecular weight is 235 g/mol. The molecule has 1 rings (SSSR count). The van der Waals surface area contributed by atoms with Gasteiger partial charge in [0.25, 0.3) is 0 Å². The van der Waals surface area contributed by atoms with Crippen molar-refractivity contribution in [2.75, 3.05) is 0 Å². The largest absolute Gasteiger partial charge is 0.407 e. The number of unbranched alkanes of at least 4 members (excludes halogenated alkanes) is 4. The molecule has 0 aliphatic rings. The van der Waals surface area contributed by atoms with Gasteiger partial charge in [0.1, 0.15) is 0 Å². The third-order valence-corrected chi connectivity index (χ3v) is 3.76. The van der Waals surface area contributed by atoms with Crippen molar-refractivity contribution in [3.05, 3.63) is 42.2 Å². The molecule has 0 spiro atoms. The zero-order valence-corrected chi connectivity index (χ0v) is 10.8. The maximum atomic E-state index is 11.8. The molecule has 1 nitrogen and oxygen atoms in total. The van der Waals surface area contributed by atoms with Gasteiger partial charge in [0, 0.05) is 0 Å². The SMILES string of the molecule is CCCCCCC=C[P+](=O)c1ccccc1. The monoisotopic (exact) mass is 235 g/mol. The van der Waals surface area contributed by atoms with Gasteiger partial charge in [0.2, 0.25) is 0 Å². The lowest BCUT2D eigenvalue weighted by molar-refractivity contribution is 0.597. The van der Waals surface area contributed by atoms with Crippen LogP contribution in [0.2, 0.25) is 0 Å². The molecule has 0 saturated heterocycles. The van der Waals surface area contributed by atoms with Gasteiger partial charge in [-0.1, -0.05) is 49.0 Å². The summed E-state index contributed by atoms with van der Waals surface area (Å²) in [5, 5.41) is 0.919. The van der Waals surface area contributed by atoms with Crippen molar-refractivity contribution < 1.29 is 4.57 Å². The van der Waals surface area contributed by atoms with Crippen LogP contribution in [0.5, 0.6) is 0 Å². The maximum absolute atomic E-state index is 11.8. The van der Waals surface area contributed by atoms with Crippen LogP contribution in [0.1, 0.15) is 39.0 Å². The minimum atomic E-state index is -1.33. The summed E-state index contributed by atoms with van der Waals surface area (Å²) in [5.41, 5.74) is 0. The first-order chi connectivity index (χ1) is 7.84. The Morgan fingerprint density at radius 2 is 1.88 bits per heavy atom. The highest BCUT2D eigenvalue weighted by atomic mass is 31.1. The van der Waals surface area contributed by atoms with E-state index in [1.54, 1.807) is 0 Å². The van der Waals surface area contributed by atoms with Crippen LogP contribution in [0.15, 0.2) is 42.2 Å². The average Bonchev–Trinajstić information content (AvgIpc) is 2.34. The van der Waals surface area contributed by atoms with Crippen LogP contribution >= 0.6 is 7.80 Å². The molecule has 1 atom stereocenters. The van der Waals surface area contributed by atoms with E-state index in [1.165, 1.54) is 25.7 Å². The molecule has 0 aromatic heterocycles. The molecule has 0 bridgehead atoms. The first-order valence-electron chi connectivity index (χ1n) is 6.02. The van der Waals surface area contributed by atoms with Crippen molar-refractivity contribution in [1.29, 1.82) is 0 Å². The van der Waals surface area contributed by atoms with Gasteiger partial charge in [-0.15, -0.1) is 0 Å². The Morgan fingerprint density at radius 3 is 2.56 bits per heavy atom. The van der Waals surface area contributed by atoms with E-state index in [1.807, 2.05) is 36.1 Å². The third-order valence-electron chi connectivity index (χ3n) is 2.48. The second-order valence-corrected chi connectivity index (χ2v) is 5.36. The Bertz CT molecular complexity index is 330. The smallest absolute Gasteiger partial charge is 0.0654 e. The Balaban J connectivity index is 2.27. The fourth-order valence-electron chi connectivity index (χ4n) is 1.52. The van der Waals surface area contributed by atoms with E-state index in [2.05, 4.69) is 13.0 Å². The first kappa shape index (κ1) is 13.1. The molecule has 0 heterocycles. The molecule has 0 N–H and O–H groups in total. The lowest BCUT2D eigenvalue weighted by Crippen LogP contribution is -1.91. The van der Waals surface area contributed by atoms with E-state index in [4.69, 9.17) is 0 Å². The summed E-state index contributed by atoms with van der Waals surface area (Å²) in [6.07, 6.45) is 8.17.